The van der Waals surface area contributed by atoms with Gasteiger partial charge in [0, 0.05) is 54.7 Å². The molecule has 2 unspecified atom stereocenters. The Balaban J connectivity index is 1.71. The first-order valence-electron chi connectivity index (χ1n) is 10.9. The van der Waals surface area contributed by atoms with Crippen molar-refractivity contribution in [1.82, 2.24) is 25.1 Å². The molecule has 1 aromatic carbocycles. The maximum absolute atomic E-state index is 13.2. The molecule has 4 rings (SSSR count). The second-order valence-electron chi connectivity index (χ2n) is 9.40. The molecule has 32 heavy (non-hydrogen) atoms. The van der Waals surface area contributed by atoms with E-state index in [2.05, 4.69) is 65.2 Å². The van der Waals surface area contributed by atoms with E-state index in [0.717, 1.165) is 24.2 Å². The van der Waals surface area contributed by atoms with Gasteiger partial charge in [-0.3, -0.25) is 9.48 Å². The molecule has 3 aromatic rings. The maximum atomic E-state index is 13.2. The molecular formula is C23H31N7O2. The fourth-order valence-corrected chi connectivity index (χ4v) is 4.12. The van der Waals surface area contributed by atoms with Crippen LogP contribution in [0.2, 0.25) is 0 Å². The first-order chi connectivity index (χ1) is 15.2. The van der Waals surface area contributed by atoms with E-state index in [0.29, 0.717) is 29.0 Å². The number of nitrogens with zero attached hydrogens (tertiary/aromatic N) is 5. The summed E-state index contributed by atoms with van der Waals surface area (Å²) < 4.78 is 7.06. The Labute approximate surface area is 188 Å². The molecule has 3 heterocycles. The van der Waals surface area contributed by atoms with Crippen LogP contribution >= 0.6 is 0 Å². The van der Waals surface area contributed by atoms with Crippen molar-refractivity contribution < 1.29 is 9.53 Å². The molecule has 9 heteroatoms. The van der Waals surface area contributed by atoms with Gasteiger partial charge in [-0.15, -0.1) is 0 Å². The summed E-state index contributed by atoms with van der Waals surface area (Å²) >= 11 is 0. The molecule has 0 radical (unpaired) electrons. The van der Waals surface area contributed by atoms with Crippen LogP contribution in [0.5, 0.6) is 6.01 Å². The van der Waals surface area contributed by atoms with Gasteiger partial charge in [-0.05, 0) is 46.8 Å². The van der Waals surface area contributed by atoms with E-state index in [1.54, 1.807) is 12.3 Å². The lowest BCUT2D eigenvalue weighted by molar-refractivity contribution is 0.102. The van der Waals surface area contributed by atoms with E-state index in [4.69, 9.17) is 4.74 Å². The van der Waals surface area contributed by atoms with E-state index in [9.17, 15) is 4.79 Å². The molecule has 0 saturated carbocycles. The van der Waals surface area contributed by atoms with E-state index < -0.39 is 0 Å². The van der Waals surface area contributed by atoms with Crippen LogP contribution in [0.15, 0.2) is 30.6 Å². The summed E-state index contributed by atoms with van der Waals surface area (Å²) in [6.07, 6.45) is 3.59. The third kappa shape index (κ3) is 4.38. The molecule has 1 aliphatic heterocycles. The zero-order chi connectivity index (χ0) is 23.0. The van der Waals surface area contributed by atoms with Crippen LogP contribution in [0.1, 0.15) is 45.0 Å². The lowest BCUT2D eigenvalue weighted by atomic mass is 10.0. The number of anilines is 2. The number of methoxy groups -OCH3 is 1. The topological polar surface area (TPSA) is 97.2 Å². The number of benzene rings is 1. The van der Waals surface area contributed by atoms with Gasteiger partial charge in [-0.1, -0.05) is 0 Å². The van der Waals surface area contributed by atoms with Gasteiger partial charge in [0.1, 0.15) is 0 Å². The van der Waals surface area contributed by atoms with Crippen molar-refractivity contribution in [1.29, 1.82) is 0 Å². The normalized spacial score (nSPS) is 19.2. The molecule has 1 amide bonds. The summed E-state index contributed by atoms with van der Waals surface area (Å²) in [6, 6.07) is 6.52. The third-order valence-electron chi connectivity index (χ3n) is 5.55. The molecule has 1 aliphatic rings. The van der Waals surface area contributed by atoms with Crippen molar-refractivity contribution in [3.8, 4) is 6.01 Å². The molecule has 2 N–H and O–H groups in total. The monoisotopic (exact) mass is 437 g/mol. The maximum Gasteiger partial charge on any atom is 0.316 e. The van der Waals surface area contributed by atoms with Crippen molar-refractivity contribution in [2.75, 3.05) is 30.4 Å². The number of piperazine rings is 1. The van der Waals surface area contributed by atoms with Gasteiger partial charge in [-0.25, -0.2) is 4.98 Å². The van der Waals surface area contributed by atoms with Crippen LogP contribution in [0.3, 0.4) is 0 Å². The fourth-order valence-electron chi connectivity index (χ4n) is 4.12. The molecular weight excluding hydrogens is 406 g/mol. The highest BCUT2D eigenvalue weighted by atomic mass is 16.5. The van der Waals surface area contributed by atoms with Crippen LogP contribution in [0.4, 0.5) is 11.5 Å². The lowest BCUT2D eigenvalue weighted by Gasteiger charge is -2.38. The number of fused-ring (bicyclic) bond motifs is 1. The standard InChI is InChI=1S/C23H31N7O2/c1-14-12-29(13-15(2)25-14)18-8-7-16(20-17(18)11-24-22(27-20)32-6)21(31)26-19-9-10-30(28-19)23(3,4)5/h7-11,14-15,25H,12-13H2,1-6H3,(H,26,28,31). The molecule has 9 nitrogen and oxygen atoms in total. The summed E-state index contributed by atoms with van der Waals surface area (Å²) in [5.41, 5.74) is 1.85. The highest BCUT2D eigenvalue weighted by Crippen LogP contribution is 2.31. The molecule has 1 fully saturated rings. The van der Waals surface area contributed by atoms with Crippen LogP contribution in [0.25, 0.3) is 10.9 Å². The van der Waals surface area contributed by atoms with Gasteiger partial charge in [0.05, 0.1) is 23.7 Å². The van der Waals surface area contributed by atoms with Crippen molar-refractivity contribution in [3.63, 3.8) is 0 Å². The fraction of sp³-hybridized carbons (Fsp3) is 0.478. The van der Waals surface area contributed by atoms with Crippen molar-refractivity contribution in [3.05, 3.63) is 36.2 Å². The van der Waals surface area contributed by atoms with Gasteiger partial charge >= 0.3 is 6.01 Å². The number of rotatable bonds is 4. The minimum atomic E-state index is -0.275. The lowest BCUT2D eigenvalue weighted by Crippen LogP contribution is -2.54. The van der Waals surface area contributed by atoms with Crippen LogP contribution in [0, 0.1) is 0 Å². The van der Waals surface area contributed by atoms with E-state index >= 15 is 0 Å². The SMILES string of the molecule is COc1ncc2c(N3CC(C)NC(C)C3)ccc(C(=O)Nc3ccn(C(C)(C)C)n3)c2n1. The minimum absolute atomic E-state index is 0.171. The number of carbonyl (C=O) groups is 1. The zero-order valence-corrected chi connectivity index (χ0v) is 19.5. The van der Waals surface area contributed by atoms with Gasteiger partial charge in [-0.2, -0.15) is 10.1 Å². The summed E-state index contributed by atoms with van der Waals surface area (Å²) in [5, 5.41) is 11.7. The molecule has 1 saturated heterocycles. The first kappa shape index (κ1) is 22.0. The molecule has 2 atom stereocenters. The Hall–Kier alpha value is -3.20. The largest absolute Gasteiger partial charge is 0.467 e. The van der Waals surface area contributed by atoms with Crippen molar-refractivity contribution >= 4 is 28.3 Å². The second-order valence-corrected chi connectivity index (χ2v) is 9.40. The zero-order valence-electron chi connectivity index (χ0n) is 19.5. The third-order valence-corrected chi connectivity index (χ3v) is 5.55. The van der Waals surface area contributed by atoms with E-state index in [1.807, 2.05) is 23.0 Å². The van der Waals surface area contributed by atoms with Crippen molar-refractivity contribution in [2.45, 2.75) is 52.2 Å². The van der Waals surface area contributed by atoms with Crippen molar-refractivity contribution in [2.24, 2.45) is 0 Å². The van der Waals surface area contributed by atoms with Gasteiger partial charge in [0.25, 0.3) is 5.91 Å². The number of aromatic nitrogens is 4. The summed E-state index contributed by atoms with van der Waals surface area (Å²) in [4.78, 5) is 24.4. The summed E-state index contributed by atoms with van der Waals surface area (Å²) in [6.45, 7) is 12.2. The summed E-state index contributed by atoms with van der Waals surface area (Å²) in [7, 11) is 1.52. The predicted molar refractivity (Wildman–Crippen MR) is 126 cm³/mol. The highest BCUT2D eigenvalue weighted by molar-refractivity contribution is 6.13. The Kier molecular flexibility index (Phi) is 5.77. The minimum Gasteiger partial charge on any atom is -0.467 e. The molecule has 2 aromatic heterocycles. The summed E-state index contributed by atoms with van der Waals surface area (Å²) in [5.74, 6) is 0.219. The van der Waals surface area contributed by atoms with E-state index in [-0.39, 0.29) is 17.5 Å². The number of amides is 1. The van der Waals surface area contributed by atoms with Gasteiger partial charge < -0.3 is 20.3 Å². The molecule has 0 spiro atoms. The predicted octanol–water partition coefficient (Wildman–Crippen LogP) is 3.03. The van der Waals surface area contributed by atoms with Crippen LogP contribution < -0.4 is 20.3 Å². The smallest absolute Gasteiger partial charge is 0.316 e. The highest BCUT2D eigenvalue weighted by Gasteiger charge is 2.25. The average molecular weight is 438 g/mol. The van der Waals surface area contributed by atoms with Gasteiger partial charge in [0.2, 0.25) is 0 Å². The van der Waals surface area contributed by atoms with Gasteiger partial charge in [0.15, 0.2) is 5.82 Å². The Morgan fingerprint density at radius 1 is 1.19 bits per heavy atom. The Morgan fingerprint density at radius 2 is 1.91 bits per heavy atom. The molecule has 170 valence electrons. The van der Waals surface area contributed by atoms with Crippen LogP contribution in [-0.2, 0) is 5.54 Å². The number of carbonyl (C=O) groups excluding carboxylic acids is 1. The second kappa shape index (κ2) is 8.38. The Bertz CT molecular complexity index is 1130. The quantitative estimate of drug-likeness (QED) is 0.647. The van der Waals surface area contributed by atoms with Crippen LogP contribution in [-0.4, -0.2) is 57.9 Å². The number of nitrogens with one attached hydrogen (secondary N) is 2. The van der Waals surface area contributed by atoms with E-state index in [1.165, 1.54) is 7.11 Å². The first-order valence-corrected chi connectivity index (χ1v) is 10.9. The molecule has 0 bridgehead atoms. The molecule has 0 aliphatic carbocycles. The number of hydrogen-bond acceptors (Lipinski definition) is 7. The number of ether oxygens (including phenoxy) is 1. The average Bonchev–Trinajstić information content (AvgIpc) is 3.20. The Morgan fingerprint density at radius 3 is 2.53 bits per heavy atom. The number of hydrogen-bond donors (Lipinski definition) is 2.